The molecular weight excluding hydrogens is 390 g/mol. The molecule has 0 amide bonds. The Kier molecular flexibility index (Phi) is 7.64. The van der Waals surface area contributed by atoms with E-state index >= 15 is 0 Å². The Morgan fingerprint density at radius 1 is 1.04 bits per heavy atom. The fraction of sp³-hybridized carbons (Fsp3) is 0.647. The van der Waals surface area contributed by atoms with Gasteiger partial charge < -0.3 is 4.74 Å². The summed E-state index contributed by atoms with van der Waals surface area (Å²) in [7, 11) is -5.35. The zero-order valence-electron chi connectivity index (χ0n) is 16.2. The molecule has 0 atom stereocenters. The molecule has 0 aromatic heterocycles. The van der Waals surface area contributed by atoms with Crippen molar-refractivity contribution in [2.45, 2.75) is 18.7 Å². The average Bonchev–Trinajstić information content (AvgIpc) is 2.67. The summed E-state index contributed by atoms with van der Waals surface area (Å²) in [5.41, 5.74) is 0. The normalized spacial score (nSPS) is 17.3. The molecule has 1 aliphatic rings. The Morgan fingerprint density at radius 3 is 2.22 bits per heavy atom. The molecule has 1 aromatic carbocycles. The Balaban J connectivity index is 1.92. The summed E-state index contributed by atoms with van der Waals surface area (Å²) in [5, 5.41) is 0. The molecule has 0 bridgehead atoms. The number of sulfone groups is 1. The second kappa shape index (κ2) is 9.33. The fourth-order valence-corrected chi connectivity index (χ4v) is 5.98. The minimum Gasteiger partial charge on any atom is -0.497 e. The molecule has 10 heteroatoms. The number of ether oxygens (including phenoxy) is 1. The van der Waals surface area contributed by atoms with Crippen molar-refractivity contribution < 1.29 is 21.6 Å². The van der Waals surface area contributed by atoms with Crippen molar-refractivity contribution in [2.24, 2.45) is 0 Å². The van der Waals surface area contributed by atoms with Gasteiger partial charge in [-0.05, 0) is 18.2 Å². The van der Waals surface area contributed by atoms with Crippen molar-refractivity contribution >= 4 is 20.0 Å². The van der Waals surface area contributed by atoms with Crippen molar-refractivity contribution in [1.29, 1.82) is 0 Å². The molecule has 27 heavy (non-hydrogen) atoms. The number of methoxy groups -OCH3 is 1. The van der Waals surface area contributed by atoms with Gasteiger partial charge in [0.2, 0.25) is 0 Å². The van der Waals surface area contributed by atoms with Crippen LogP contribution < -0.4 is 4.74 Å². The number of nitrogens with zero attached hydrogens (tertiary/aromatic N) is 3. The van der Waals surface area contributed by atoms with E-state index in [1.807, 2.05) is 18.7 Å². The Morgan fingerprint density at radius 2 is 1.67 bits per heavy atom. The highest BCUT2D eigenvalue weighted by molar-refractivity contribution is 7.91. The lowest BCUT2D eigenvalue weighted by Gasteiger charge is -2.36. The minimum absolute atomic E-state index is 0.0109. The number of piperazine rings is 1. The predicted molar refractivity (Wildman–Crippen MR) is 105 cm³/mol. The van der Waals surface area contributed by atoms with Gasteiger partial charge >= 0.3 is 0 Å². The van der Waals surface area contributed by atoms with Crippen LogP contribution in [-0.4, -0.2) is 89.0 Å². The van der Waals surface area contributed by atoms with Crippen molar-refractivity contribution in [2.75, 3.05) is 58.7 Å². The van der Waals surface area contributed by atoms with Gasteiger partial charge in [0.05, 0.1) is 17.8 Å². The van der Waals surface area contributed by atoms with Gasteiger partial charge in [0.25, 0.3) is 10.2 Å². The van der Waals surface area contributed by atoms with Crippen LogP contribution in [-0.2, 0) is 20.0 Å². The molecule has 0 saturated carbocycles. The molecule has 2 rings (SSSR count). The van der Waals surface area contributed by atoms with Gasteiger partial charge in [-0.15, -0.1) is 0 Å². The van der Waals surface area contributed by atoms with Crippen molar-refractivity contribution in [3.05, 3.63) is 24.3 Å². The van der Waals surface area contributed by atoms with E-state index in [1.165, 1.54) is 21.8 Å². The molecular formula is C17H29N3O5S2. The number of rotatable bonds is 9. The maximum absolute atomic E-state index is 12.5. The van der Waals surface area contributed by atoms with E-state index in [2.05, 4.69) is 0 Å². The van der Waals surface area contributed by atoms with Gasteiger partial charge in [-0.1, -0.05) is 19.9 Å². The molecule has 1 fully saturated rings. The molecule has 1 saturated heterocycles. The van der Waals surface area contributed by atoms with E-state index in [-0.39, 0.29) is 10.6 Å². The highest BCUT2D eigenvalue weighted by Crippen LogP contribution is 2.19. The molecule has 0 N–H and O–H groups in total. The summed E-state index contributed by atoms with van der Waals surface area (Å²) >= 11 is 0. The van der Waals surface area contributed by atoms with Crippen LogP contribution in [0.4, 0.5) is 0 Å². The molecule has 1 heterocycles. The van der Waals surface area contributed by atoms with Crippen LogP contribution in [0.15, 0.2) is 29.2 Å². The van der Waals surface area contributed by atoms with Gasteiger partial charge in [0.1, 0.15) is 5.75 Å². The summed E-state index contributed by atoms with van der Waals surface area (Å²) in [5.74, 6) is 0.495. The summed E-state index contributed by atoms with van der Waals surface area (Å²) < 4.78 is 58.2. The third-order valence-corrected chi connectivity index (χ3v) is 8.64. The van der Waals surface area contributed by atoms with Crippen LogP contribution in [0.3, 0.4) is 0 Å². The van der Waals surface area contributed by atoms with Gasteiger partial charge in [-0.2, -0.15) is 17.0 Å². The number of benzene rings is 1. The van der Waals surface area contributed by atoms with E-state index in [1.54, 1.807) is 18.2 Å². The van der Waals surface area contributed by atoms with E-state index in [9.17, 15) is 16.8 Å². The third-order valence-electron chi connectivity index (χ3n) is 4.77. The lowest BCUT2D eigenvalue weighted by atomic mass is 10.3. The maximum atomic E-state index is 12.5. The second-order valence-corrected chi connectivity index (χ2v) is 10.4. The Labute approximate surface area is 162 Å². The molecule has 8 nitrogen and oxygen atoms in total. The van der Waals surface area contributed by atoms with Gasteiger partial charge in [-0.25, -0.2) is 8.42 Å². The summed E-state index contributed by atoms with van der Waals surface area (Å²) in [6, 6.07) is 6.44. The largest absolute Gasteiger partial charge is 0.497 e. The first-order chi connectivity index (χ1) is 12.7. The standard InChI is InChI=1S/C17H29N3O5S2/c1-4-19(5-2)27(23,24)20-11-9-18(10-12-20)13-14-26(21,22)17-8-6-7-16(15-17)25-3/h6-8,15H,4-5,9-14H2,1-3H3. The molecule has 0 aliphatic carbocycles. The van der Waals surface area contributed by atoms with E-state index in [4.69, 9.17) is 4.74 Å². The van der Waals surface area contributed by atoms with Crippen molar-refractivity contribution in [3.63, 3.8) is 0 Å². The summed E-state index contributed by atoms with van der Waals surface area (Å²) in [6.45, 7) is 6.69. The van der Waals surface area contributed by atoms with Gasteiger partial charge in [-0.3, -0.25) is 4.90 Å². The molecule has 154 valence electrons. The first kappa shape index (κ1) is 22.1. The lowest BCUT2D eigenvalue weighted by molar-refractivity contribution is 0.189. The predicted octanol–water partition coefficient (Wildman–Crippen LogP) is 0.673. The quantitative estimate of drug-likeness (QED) is 0.585. The zero-order valence-corrected chi connectivity index (χ0v) is 17.8. The minimum atomic E-state index is -3.43. The first-order valence-corrected chi connectivity index (χ1v) is 12.1. The molecule has 0 radical (unpaired) electrons. The van der Waals surface area contributed by atoms with Crippen LogP contribution in [0.2, 0.25) is 0 Å². The molecule has 0 unspecified atom stereocenters. The van der Waals surface area contributed by atoms with Crippen molar-refractivity contribution in [3.8, 4) is 5.75 Å². The maximum Gasteiger partial charge on any atom is 0.282 e. The number of hydrogen-bond donors (Lipinski definition) is 0. The third kappa shape index (κ3) is 5.41. The summed E-state index contributed by atoms with van der Waals surface area (Å²) in [4.78, 5) is 2.23. The van der Waals surface area contributed by atoms with E-state index in [0.717, 1.165) is 0 Å². The highest BCUT2D eigenvalue weighted by Gasteiger charge is 2.31. The van der Waals surface area contributed by atoms with Crippen LogP contribution in [0, 0.1) is 0 Å². The average molecular weight is 420 g/mol. The number of hydrogen-bond acceptors (Lipinski definition) is 6. The highest BCUT2D eigenvalue weighted by atomic mass is 32.2. The zero-order chi connectivity index (χ0) is 20.1. The smallest absolute Gasteiger partial charge is 0.282 e. The first-order valence-electron chi connectivity index (χ1n) is 9.09. The van der Waals surface area contributed by atoms with E-state index in [0.29, 0.717) is 51.6 Å². The SMILES string of the molecule is CCN(CC)S(=O)(=O)N1CCN(CCS(=O)(=O)c2cccc(OC)c2)CC1. The van der Waals surface area contributed by atoms with Crippen LogP contribution in [0.5, 0.6) is 5.75 Å². The van der Waals surface area contributed by atoms with Gasteiger partial charge in [0, 0.05) is 45.8 Å². The Hall–Kier alpha value is -1.20. The van der Waals surface area contributed by atoms with Gasteiger partial charge in [0.15, 0.2) is 9.84 Å². The molecule has 1 aromatic rings. The van der Waals surface area contributed by atoms with E-state index < -0.39 is 20.0 Å². The van der Waals surface area contributed by atoms with Crippen molar-refractivity contribution in [1.82, 2.24) is 13.5 Å². The molecule has 1 aliphatic heterocycles. The topological polar surface area (TPSA) is 87.2 Å². The second-order valence-electron chi connectivity index (χ2n) is 6.33. The van der Waals surface area contributed by atoms with Crippen LogP contribution in [0.1, 0.15) is 13.8 Å². The van der Waals surface area contributed by atoms with Crippen LogP contribution in [0.25, 0.3) is 0 Å². The molecule has 0 spiro atoms. The van der Waals surface area contributed by atoms with Crippen LogP contribution >= 0.6 is 0 Å². The summed E-state index contributed by atoms with van der Waals surface area (Å²) in [6.07, 6.45) is 0. The lowest BCUT2D eigenvalue weighted by Crippen LogP contribution is -2.53. The Bertz CT molecular complexity index is 815. The fourth-order valence-electron chi connectivity index (χ4n) is 3.06. The monoisotopic (exact) mass is 419 g/mol.